The number of hydrogen-bond donors (Lipinski definition) is 2. The third kappa shape index (κ3) is 8.58. The SMILES string of the molecule is CC(C(=O)O)c1ccc(-c2ccccc2)c(F)c1.O=C([O-])Cc1ccccc1Nc1c(Cl)cccc1Cl.[Na+]. The number of anilines is 2. The van der Waals surface area contributed by atoms with E-state index in [1.807, 2.05) is 30.3 Å². The molecule has 0 aliphatic carbocycles. The predicted molar refractivity (Wildman–Crippen MR) is 143 cm³/mol. The summed E-state index contributed by atoms with van der Waals surface area (Å²) in [5.74, 6) is -3.20. The second-order valence-electron chi connectivity index (χ2n) is 8.09. The third-order valence-corrected chi connectivity index (χ3v) is 6.15. The number of carboxylic acids is 2. The zero-order valence-electron chi connectivity index (χ0n) is 20.8. The van der Waals surface area contributed by atoms with E-state index in [1.54, 1.807) is 61.5 Å². The molecule has 190 valence electrons. The Labute approximate surface area is 252 Å². The number of benzene rings is 4. The van der Waals surface area contributed by atoms with E-state index in [0.717, 1.165) is 5.56 Å². The molecule has 0 aliphatic heterocycles. The Hall–Kier alpha value is -2.87. The minimum Gasteiger partial charge on any atom is -0.550 e. The molecule has 0 saturated heterocycles. The number of nitrogens with one attached hydrogen (secondary N) is 1. The average Bonchev–Trinajstić information content (AvgIpc) is 2.87. The molecule has 0 bridgehead atoms. The number of carbonyl (C=O) groups excluding carboxylic acids is 1. The summed E-state index contributed by atoms with van der Waals surface area (Å²) in [5, 5.41) is 23.6. The zero-order chi connectivity index (χ0) is 26.9. The summed E-state index contributed by atoms with van der Waals surface area (Å²) in [4.78, 5) is 21.6. The van der Waals surface area contributed by atoms with Gasteiger partial charge >= 0.3 is 35.5 Å². The van der Waals surface area contributed by atoms with Crippen LogP contribution in [0.2, 0.25) is 10.0 Å². The summed E-state index contributed by atoms with van der Waals surface area (Å²) < 4.78 is 14.0. The van der Waals surface area contributed by atoms with Crippen LogP contribution >= 0.6 is 23.2 Å². The Morgan fingerprint density at radius 1 is 0.921 bits per heavy atom. The number of para-hydroxylation sites is 2. The average molecular weight is 562 g/mol. The number of aliphatic carboxylic acids is 2. The fourth-order valence-electron chi connectivity index (χ4n) is 3.50. The smallest absolute Gasteiger partial charge is 0.550 e. The Bertz CT molecular complexity index is 1380. The monoisotopic (exact) mass is 561 g/mol. The Morgan fingerprint density at radius 3 is 2.11 bits per heavy atom. The zero-order valence-corrected chi connectivity index (χ0v) is 24.3. The Balaban J connectivity index is 0.000000260. The molecule has 4 aromatic carbocycles. The second-order valence-corrected chi connectivity index (χ2v) is 8.91. The molecule has 4 aromatic rings. The summed E-state index contributed by atoms with van der Waals surface area (Å²) >= 11 is 12.1. The van der Waals surface area contributed by atoms with E-state index in [-0.39, 0.29) is 36.0 Å². The molecule has 0 fully saturated rings. The van der Waals surface area contributed by atoms with Crippen LogP contribution in [0, 0.1) is 5.82 Å². The van der Waals surface area contributed by atoms with Crippen LogP contribution in [0.25, 0.3) is 11.1 Å². The van der Waals surface area contributed by atoms with Gasteiger partial charge in [0.15, 0.2) is 0 Å². The first kappa shape index (κ1) is 31.3. The fraction of sp³-hybridized carbons (Fsp3) is 0.103. The topological polar surface area (TPSA) is 89.5 Å². The first-order valence-corrected chi connectivity index (χ1v) is 12.0. The first-order valence-electron chi connectivity index (χ1n) is 11.2. The van der Waals surface area contributed by atoms with E-state index in [4.69, 9.17) is 28.3 Å². The molecular formula is C29H23Cl2FNNaO4. The van der Waals surface area contributed by atoms with Gasteiger partial charge in [-0.25, -0.2) is 4.39 Å². The van der Waals surface area contributed by atoms with Crippen LogP contribution in [0.5, 0.6) is 0 Å². The molecule has 0 radical (unpaired) electrons. The molecule has 5 nitrogen and oxygen atoms in total. The van der Waals surface area contributed by atoms with Crippen molar-refractivity contribution >= 4 is 46.5 Å². The molecular weight excluding hydrogens is 539 g/mol. The maximum atomic E-state index is 14.0. The van der Waals surface area contributed by atoms with Gasteiger partial charge in [-0.05, 0) is 47.9 Å². The van der Waals surface area contributed by atoms with Gasteiger partial charge in [0.25, 0.3) is 0 Å². The first-order chi connectivity index (χ1) is 17.7. The van der Waals surface area contributed by atoms with Crippen LogP contribution in [0.4, 0.5) is 15.8 Å². The molecule has 0 amide bonds. The van der Waals surface area contributed by atoms with Gasteiger partial charge in [-0.2, -0.15) is 0 Å². The molecule has 38 heavy (non-hydrogen) atoms. The molecule has 1 unspecified atom stereocenters. The van der Waals surface area contributed by atoms with Crippen molar-refractivity contribution in [1.29, 1.82) is 0 Å². The number of carboxylic acid groups (broad SMARTS) is 2. The minimum absolute atomic E-state index is 0. The number of rotatable bonds is 7. The third-order valence-electron chi connectivity index (χ3n) is 5.52. The van der Waals surface area contributed by atoms with Crippen molar-refractivity contribution in [1.82, 2.24) is 0 Å². The van der Waals surface area contributed by atoms with Gasteiger partial charge in [-0.3, -0.25) is 4.79 Å². The molecule has 4 rings (SSSR count). The van der Waals surface area contributed by atoms with E-state index >= 15 is 0 Å². The number of carbonyl (C=O) groups is 2. The van der Waals surface area contributed by atoms with Crippen molar-refractivity contribution in [2.24, 2.45) is 0 Å². The maximum absolute atomic E-state index is 14.0. The summed E-state index contributed by atoms with van der Waals surface area (Å²) in [7, 11) is 0. The largest absolute Gasteiger partial charge is 1.00 e. The van der Waals surface area contributed by atoms with Gasteiger partial charge in [-0.15, -0.1) is 0 Å². The normalized spacial score (nSPS) is 10.8. The Morgan fingerprint density at radius 2 is 1.53 bits per heavy atom. The fourth-order valence-corrected chi connectivity index (χ4v) is 3.99. The van der Waals surface area contributed by atoms with Crippen molar-refractivity contribution in [3.8, 4) is 11.1 Å². The molecule has 2 N–H and O–H groups in total. The van der Waals surface area contributed by atoms with Crippen LogP contribution in [0.3, 0.4) is 0 Å². The molecule has 0 spiro atoms. The molecule has 0 heterocycles. The van der Waals surface area contributed by atoms with Crippen LogP contribution in [-0.4, -0.2) is 17.0 Å². The van der Waals surface area contributed by atoms with Crippen LogP contribution in [0.1, 0.15) is 24.0 Å². The maximum Gasteiger partial charge on any atom is 1.00 e. The van der Waals surface area contributed by atoms with Gasteiger partial charge in [0.05, 0.1) is 21.7 Å². The standard InChI is InChI=1S/C15H13FO2.C14H11Cl2NO2.Na/c1-10(15(17)18)12-7-8-13(14(16)9-12)11-5-3-2-4-6-11;15-10-5-3-6-11(16)14(10)17-12-7-2-1-4-9(12)8-13(18)19;/h2-10H,1H3,(H,17,18);1-7,17H,8H2,(H,18,19);/q;;+1/p-1. The van der Waals surface area contributed by atoms with Gasteiger partial charge in [0.1, 0.15) is 5.82 Å². The van der Waals surface area contributed by atoms with E-state index in [9.17, 15) is 19.1 Å². The van der Waals surface area contributed by atoms with Crippen molar-refractivity contribution in [2.45, 2.75) is 19.3 Å². The van der Waals surface area contributed by atoms with Gasteiger partial charge in [0, 0.05) is 23.6 Å². The van der Waals surface area contributed by atoms with Gasteiger partial charge in [0.2, 0.25) is 0 Å². The van der Waals surface area contributed by atoms with Crippen molar-refractivity contribution < 1.29 is 53.7 Å². The van der Waals surface area contributed by atoms with Gasteiger partial charge < -0.3 is 20.3 Å². The molecule has 0 aliphatic rings. The van der Waals surface area contributed by atoms with Crippen molar-refractivity contribution in [2.75, 3.05) is 5.32 Å². The minimum atomic E-state index is -1.14. The number of halogens is 3. The Kier molecular flexibility index (Phi) is 12.3. The van der Waals surface area contributed by atoms with Gasteiger partial charge in [-0.1, -0.05) is 89.9 Å². The molecule has 0 aromatic heterocycles. The van der Waals surface area contributed by atoms with E-state index in [2.05, 4.69) is 5.32 Å². The molecule has 1 atom stereocenters. The van der Waals surface area contributed by atoms with E-state index in [0.29, 0.717) is 38.1 Å². The van der Waals surface area contributed by atoms with Crippen molar-refractivity contribution in [3.05, 3.63) is 118 Å². The van der Waals surface area contributed by atoms with Crippen molar-refractivity contribution in [3.63, 3.8) is 0 Å². The van der Waals surface area contributed by atoms with Crippen LogP contribution < -0.4 is 40.0 Å². The number of hydrogen-bond acceptors (Lipinski definition) is 4. The van der Waals surface area contributed by atoms with E-state index < -0.39 is 23.7 Å². The predicted octanol–water partition coefficient (Wildman–Crippen LogP) is 3.71. The van der Waals surface area contributed by atoms with E-state index in [1.165, 1.54) is 6.07 Å². The summed E-state index contributed by atoms with van der Waals surface area (Å²) in [6.07, 6.45) is -0.175. The van der Waals surface area contributed by atoms with Crippen LogP contribution in [-0.2, 0) is 16.0 Å². The second kappa shape index (κ2) is 14.9. The molecule has 0 saturated carbocycles. The summed E-state index contributed by atoms with van der Waals surface area (Å²) in [5.41, 5.74) is 3.54. The quantitative estimate of drug-likeness (QED) is 0.336. The van der Waals surface area contributed by atoms with Crippen LogP contribution in [0.15, 0.2) is 91.0 Å². The molecule has 9 heteroatoms. The summed E-state index contributed by atoms with van der Waals surface area (Å²) in [6.45, 7) is 1.54. The summed E-state index contributed by atoms with van der Waals surface area (Å²) in [6, 6.07) is 25.9.